The summed E-state index contributed by atoms with van der Waals surface area (Å²) in [5.74, 6) is 0.289. The predicted molar refractivity (Wildman–Crippen MR) is 230 cm³/mol. The number of carbonyl (C=O) groups is 2. The maximum Gasteiger partial charge on any atom is 0.490 e. The molecule has 1 atom stereocenters. The molecule has 17 nitrogen and oxygen atoms in total. The topological polar surface area (TPSA) is 196 Å². The minimum Gasteiger partial charge on any atom is -0.475 e. The van der Waals surface area contributed by atoms with Crippen LogP contribution in [0.25, 0.3) is 33.7 Å². The Hall–Kier alpha value is -5.89. The molecule has 9 rings (SSSR count). The van der Waals surface area contributed by atoms with Gasteiger partial charge in [-0.2, -0.15) is 42.7 Å². The number of piperidine rings is 2. The Morgan fingerprint density at radius 3 is 1.72 bits per heavy atom. The molecule has 2 aromatic carbocycles. The van der Waals surface area contributed by atoms with Crippen LogP contribution in [0, 0.1) is 0 Å². The maximum atomic E-state index is 12.6. The van der Waals surface area contributed by atoms with E-state index in [0.29, 0.717) is 23.7 Å². The molecule has 0 aliphatic carbocycles. The third-order valence-corrected chi connectivity index (χ3v) is 11.6. The zero-order chi connectivity index (χ0) is 45.6. The molecule has 6 aromatic rings. The quantitative estimate of drug-likeness (QED) is 0.151. The van der Waals surface area contributed by atoms with E-state index in [1.807, 2.05) is 62.1 Å². The average molecular weight is 892 g/mol. The van der Waals surface area contributed by atoms with E-state index in [1.54, 1.807) is 9.36 Å². The van der Waals surface area contributed by atoms with Gasteiger partial charge < -0.3 is 34.0 Å². The van der Waals surface area contributed by atoms with Crippen molar-refractivity contribution >= 4 is 33.9 Å². The van der Waals surface area contributed by atoms with Crippen LogP contribution in [0.2, 0.25) is 0 Å². The number of aryl methyl sites for hydroxylation is 2. The van der Waals surface area contributed by atoms with Crippen molar-refractivity contribution in [1.29, 1.82) is 0 Å². The van der Waals surface area contributed by atoms with Crippen LogP contribution in [0.5, 0.6) is 0 Å². The Balaban J connectivity index is 0.000000179. The van der Waals surface area contributed by atoms with Crippen LogP contribution < -0.4 is 5.32 Å². The first-order chi connectivity index (χ1) is 30.6. The Morgan fingerprint density at radius 1 is 0.766 bits per heavy atom. The smallest absolute Gasteiger partial charge is 0.475 e. The molecule has 4 aromatic heterocycles. The standard InChI is InChI=1S/C26H36N6O3.C16H19N5O.C2HF3O2/c1-5-21-20-10-6-7-11-22(20)32(28-21)24-27-23(35-29-24)18-12-15-30(16-13-18)17-19-9-8-14-31(19)25(33)34-26(2,3)4;1-2-13-12-5-3-4-6-14(12)21(19-13)16-18-15(22-20-16)11-7-9-17-10-8-11;3-2(4,5)1(6)7/h6-7,10-11,18-19H,5,8-9,12-17H2,1-4H3;3-6,11,17H,2,7-10H2,1H3;(H,6,7)/t19-;;/m0../s1. The van der Waals surface area contributed by atoms with Gasteiger partial charge in [0.1, 0.15) is 5.60 Å². The Labute approximate surface area is 368 Å². The molecular weight excluding hydrogens is 836 g/mol. The number of carbonyl (C=O) groups excluding carboxylic acids is 1. The molecule has 64 heavy (non-hydrogen) atoms. The van der Waals surface area contributed by atoms with Crippen molar-refractivity contribution in [2.24, 2.45) is 0 Å². The number of carboxylic acids is 1. The fourth-order valence-corrected chi connectivity index (χ4v) is 8.36. The molecule has 3 aliphatic rings. The number of hydrogen-bond acceptors (Lipinski definition) is 13. The molecule has 0 bridgehead atoms. The Kier molecular flexibility index (Phi) is 14.3. The molecule has 3 aliphatic heterocycles. The number of amides is 1. The molecular formula is C44H56F3N11O6. The van der Waals surface area contributed by atoms with Crippen molar-refractivity contribution in [3.63, 3.8) is 0 Å². The first kappa shape index (κ1) is 46.1. The number of halogens is 3. The molecule has 0 radical (unpaired) electrons. The van der Waals surface area contributed by atoms with Gasteiger partial charge in [0.15, 0.2) is 0 Å². The van der Waals surface area contributed by atoms with Crippen molar-refractivity contribution in [2.75, 3.05) is 39.3 Å². The van der Waals surface area contributed by atoms with Gasteiger partial charge in [-0.1, -0.05) is 50.2 Å². The SMILES string of the molecule is CCc1nn(-c2noc(C3CCN(C[C@@H]4CCCN4C(=O)OC(C)(C)C)CC3)n2)c2ccccc12.CCc1nn(-c2noc(C3CCNCC3)n2)c2ccccc12.O=C(O)C(F)(F)F. The summed E-state index contributed by atoms with van der Waals surface area (Å²) < 4.78 is 52.2. The van der Waals surface area contributed by atoms with E-state index in [-0.39, 0.29) is 18.1 Å². The summed E-state index contributed by atoms with van der Waals surface area (Å²) in [4.78, 5) is 35.2. The highest BCUT2D eigenvalue weighted by atomic mass is 19.4. The van der Waals surface area contributed by atoms with Crippen LogP contribution in [0.4, 0.5) is 18.0 Å². The van der Waals surface area contributed by atoms with Gasteiger partial charge in [0, 0.05) is 41.7 Å². The maximum absolute atomic E-state index is 12.6. The highest BCUT2D eigenvalue weighted by molar-refractivity contribution is 5.83. The molecule has 3 fully saturated rings. The van der Waals surface area contributed by atoms with Crippen molar-refractivity contribution in [2.45, 2.75) is 116 Å². The normalized spacial score (nSPS) is 17.9. The lowest BCUT2D eigenvalue weighted by atomic mass is 9.96. The molecule has 0 unspecified atom stereocenters. The van der Waals surface area contributed by atoms with E-state index in [4.69, 9.17) is 33.8 Å². The lowest BCUT2D eigenvalue weighted by molar-refractivity contribution is -0.192. The van der Waals surface area contributed by atoms with E-state index < -0.39 is 17.7 Å². The third-order valence-electron chi connectivity index (χ3n) is 11.6. The fraction of sp³-hybridized carbons (Fsp3) is 0.545. The van der Waals surface area contributed by atoms with Crippen LogP contribution in [-0.2, 0) is 22.4 Å². The van der Waals surface area contributed by atoms with Crippen molar-refractivity contribution < 1.29 is 41.6 Å². The summed E-state index contributed by atoms with van der Waals surface area (Å²) in [6.07, 6.45) is 2.53. The number of aromatic nitrogens is 8. The minimum atomic E-state index is -5.08. The number of likely N-dealkylation sites (tertiary alicyclic amines) is 2. The highest BCUT2D eigenvalue weighted by Crippen LogP contribution is 2.31. The van der Waals surface area contributed by atoms with Gasteiger partial charge in [0.2, 0.25) is 11.8 Å². The summed E-state index contributed by atoms with van der Waals surface area (Å²) in [7, 11) is 0. The molecule has 0 spiro atoms. The zero-order valence-electron chi connectivity index (χ0n) is 36.8. The van der Waals surface area contributed by atoms with E-state index >= 15 is 0 Å². The second kappa shape index (κ2) is 19.9. The predicted octanol–water partition coefficient (Wildman–Crippen LogP) is 7.62. The summed E-state index contributed by atoms with van der Waals surface area (Å²) in [5, 5.41) is 30.6. The zero-order valence-corrected chi connectivity index (χ0v) is 36.8. The molecule has 1 amide bonds. The first-order valence-corrected chi connectivity index (χ1v) is 22.0. The van der Waals surface area contributed by atoms with Crippen molar-refractivity contribution in [3.05, 3.63) is 71.7 Å². The third kappa shape index (κ3) is 10.9. The van der Waals surface area contributed by atoms with Crippen molar-refractivity contribution in [3.8, 4) is 11.9 Å². The lowest BCUT2D eigenvalue weighted by Crippen LogP contribution is -2.46. The second-order valence-corrected chi connectivity index (χ2v) is 17.2. The number of nitrogens with one attached hydrogen (secondary N) is 1. The number of benzene rings is 2. The van der Waals surface area contributed by atoms with E-state index in [1.165, 1.54) is 0 Å². The van der Waals surface area contributed by atoms with Crippen LogP contribution in [-0.4, -0.2) is 124 Å². The monoisotopic (exact) mass is 891 g/mol. The first-order valence-electron chi connectivity index (χ1n) is 22.0. The van der Waals surface area contributed by atoms with Crippen LogP contribution >= 0.6 is 0 Å². The van der Waals surface area contributed by atoms with E-state index in [0.717, 1.165) is 130 Å². The molecule has 2 N–H and O–H groups in total. The number of para-hydroxylation sites is 2. The molecule has 0 saturated carbocycles. The molecule has 20 heteroatoms. The van der Waals surface area contributed by atoms with Crippen LogP contribution in [0.3, 0.4) is 0 Å². The number of ether oxygens (including phenoxy) is 1. The summed E-state index contributed by atoms with van der Waals surface area (Å²) >= 11 is 0. The number of hydrogen-bond donors (Lipinski definition) is 2. The van der Waals surface area contributed by atoms with E-state index in [9.17, 15) is 18.0 Å². The van der Waals surface area contributed by atoms with Gasteiger partial charge >= 0.3 is 18.2 Å². The van der Waals surface area contributed by atoms with Crippen LogP contribution in [0.1, 0.15) is 108 Å². The summed E-state index contributed by atoms with van der Waals surface area (Å²) in [6.45, 7) is 15.5. The average Bonchev–Trinajstić information content (AvgIpc) is 4.14. The number of carboxylic acid groups (broad SMARTS) is 1. The summed E-state index contributed by atoms with van der Waals surface area (Å²) in [5.41, 5.74) is 3.65. The van der Waals surface area contributed by atoms with Gasteiger partial charge in [-0.25, -0.2) is 9.59 Å². The number of alkyl halides is 3. The molecule has 344 valence electrons. The van der Waals surface area contributed by atoms with Gasteiger partial charge in [0.05, 0.1) is 22.4 Å². The Morgan fingerprint density at radius 2 is 1.25 bits per heavy atom. The van der Waals surface area contributed by atoms with Gasteiger partial charge in [0.25, 0.3) is 11.9 Å². The van der Waals surface area contributed by atoms with Gasteiger partial charge in [-0.05, 0) is 121 Å². The second-order valence-electron chi connectivity index (χ2n) is 17.2. The largest absolute Gasteiger partial charge is 0.490 e. The molecule has 7 heterocycles. The summed E-state index contributed by atoms with van der Waals surface area (Å²) in [6, 6.07) is 16.6. The lowest BCUT2D eigenvalue weighted by Gasteiger charge is -2.35. The van der Waals surface area contributed by atoms with Gasteiger partial charge in [-0.3, -0.25) is 0 Å². The number of nitrogens with zero attached hydrogens (tertiary/aromatic N) is 10. The van der Waals surface area contributed by atoms with Crippen LogP contribution in [0.15, 0.2) is 57.6 Å². The van der Waals surface area contributed by atoms with E-state index in [2.05, 4.69) is 56.6 Å². The van der Waals surface area contributed by atoms with Gasteiger partial charge in [-0.15, -0.1) is 0 Å². The van der Waals surface area contributed by atoms with Crippen molar-refractivity contribution in [1.82, 2.24) is 55.0 Å². The molecule has 3 saturated heterocycles. The number of aliphatic carboxylic acids is 1. The highest BCUT2D eigenvalue weighted by Gasteiger charge is 2.38. The number of fused-ring (bicyclic) bond motifs is 2. The fourth-order valence-electron chi connectivity index (χ4n) is 8.36. The minimum absolute atomic E-state index is 0.189. The number of rotatable bonds is 8. The Bertz CT molecular complexity index is 2490.